The van der Waals surface area contributed by atoms with Crippen LogP contribution in [0.1, 0.15) is 30.5 Å². The second-order valence-electron chi connectivity index (χ2n) is 6.16. The predicted molar refractivity (Wildman–Crippen MR) is 94.1 cm³/mol. The number of H-pyrrole nitrogens is 1. The summed E-state index contributed by atoms with van der Waals surface area (Å²) in [6, 6.07) is 8.78. The van der Waals surface area contributed by atoms with E-state index in [1.54, 1.807) is 6.33 Å². The van der Waals surface area contributed by atoms with Gasteiger partial charge in [-0.05, 0) is 37.0 Å². The fourth-order valence-corrected chi connectivity index (χ4v) is 3.21. The van der Waals surface area contributed by atoms with Gasteiger partial charge in [0.15, 0.2) is 5.82 Å². The molecule has 5 nitrogen and oxygen atoms in total. The number of anilines is 1. The van der Waals surface area contributed by atoms with Crippen molar-refractivity contribution in [3.8, 4) is 0 Å². The van der Waals surface area contributed by atoms with Gasteiger partial charge in [-0.3, -0.25) is 4.99 Å². The largest absolute Gasteiger partial charge is 0.372 e. The molecular formula is C18H21N5. The Bertz CT molecular complexity index is 737. The van der Waals surface area contributed by atoms with Crippen LogP contribution < -0.4 is 4.90 Å². The third-order valence-electron chi connectivity index (χ3n) is 4.49. The van der Waals surface area contributed by atoms with Crippen molar-refractivity contribution in [1.29, 1.82) is 0 Å². The average molecular weight is 307 g/mol. The molecule has 0 bridgehead atoms. The maximum atomic E-state index is 4.72. The van der Waals surface area contributed by atoms with Crippen molar-refractivity contribution in [3.63, 3.8) is 0 Å². The van der Waals surface area contributed by atoms with E-state index in [1.165, 1.54) is 43.6 Å². The van der Waals surface area contributed by atoms with Gasteiger partial charge in [0.05, 0.1) is 30.5 Å². The lowest BCUT2D eigenvalue weighted by Crippen LogP contribution is -2.29. The summed E-state index contributed by atoms with van der Waals surface area (Å²) >= 11 is 0. The number of imidazole rings is 1. The number of piperidine rings is 1. The van der Waals surface area contributed by atoms with E-state index >= 15 is 0 Å². The van der Waals surface area contributed by atoms with Crippen molar-refractivity contribution < 1.29 is 0 Å². The molecule has 1 aromatic carbocycles. The average Bonchev–Trinajstić information content (AvgIpc) is 3.09. The topological polar surface area (TPSA) is 56.6 Å². The molecule has 0 aliphatic carbocycles. The van der Waals surface area contributed by atoms with Crippen LogP contribution in [0.25, 0.3) is 0 Å². The molecule has 2 aromatic rings. The highest BCUT2D eigenvalue weighted by molar-refractivity contribution is 6.32. The van der Waals surface area contributed by atoms with E-state index in [2.05, 4.69) is 44.1 Å². The molecule has 0 atom stereocenters. The first kappa shape index (κ1) is 14.2. The Morgan fingerprint density at radius 3 is 3.00 bits per heavy atom. The normalized spacial score (nSPS) is 19.1. The van der Waals surface area contributed by atoms with Crippen LogP contribution in [-0.2, 0) is 13.0 Å². The Hall–Kier alpha value is -2.43. The molecule has 1 saturated heterocycles. The van der Waals surface area contributed by atoms with Crippen LogP contribution in [0.5, 0.6) is 0 Å². The van der Waals surface area contributed by atoms with Crippen molar-refractivity contribution in [1.82, 2.24) is 9.97 Å². The second kappa shape index (κ2) is 6.36. The van der Waals surface area contributed by atoms with Gasteiger partial charge in [0.1, 0.15) is 0 Å². The Morgan fingerprint density at radius 1 is 1.17 bits per heavy atom. The zero-order chi connectivity index (χ0) is 15.5. The molecule has 1 aromatic heterocycles. The van der Waals surface area contributed by atoms with E-state index < -0.39 is 0 Å². The Labute approximate surface area is 136 Å². The number of aromatic nitrogens is 2. The standard InChI is InChI=1S/C18H21N5/c1-2-7-23(8-3-1)16-6-4-5-14(9-16)11-19-15-10-17-18(20-12-15)22-13-21-17/h4-6,9,12-13H,1-3,7-8,10-11H2,(H,21,22). The lowest BCUT2D eigenvalue weighted by Gasteiger charge is -2.29. The second-order valence-corrected chi connectivity index (χ2v) is 6.16. The molecule has 118 valence electrons. The predicted octanol–water partition coefficient (Wildman–Crippen LogP) is 3.30. The fraction of sp³-hybridized carbons (Fsp3) is 0.389. The molecule has 5 heteroatoms. The van der Waals surface area contributed by atoms with Crippen LogP contribution >= 0.6 is 0 Å². The van der Waals surface area contributed by atoms with Gasteiger partial charge in [-0.25, -0.2) is 9.98 Å². The van der Waals surface area contributed by atoms with Crippen LogP contribution in [0.15, 0.2) is 40.6 Å². The van der Waals surface area contributed by atoms with Crippen LogP contribution in [-0.4, -0.2) is 35.0 Å². The smallest absolute Gasteiger partial charge is 0.173 e. The van der Waals surface area contributed by atoms with Gasteiger partial charge >= 0.3 is 0 Å². The molecule has 23 heavy (non-hydrogen) atoms. The zero-order valence-corrected chi connectivity index (χ0v) is 13.2. The quantitative estimate of drug-likeness (QED) is 0.946. The molecule has 1 fully saturated rings. The first-order chi connectivity index (χ1) is 11.4. The number of fused-ring (bicyclic) bond motifs is 1. The summed E-state index contributed by atoms with van der Waals surface area (Å²) in [7, 11) is 0. The number of benzene rings is 1. The first-order valence-electron chi connectivity index (χ1n) is 8.32. The number of hydrogen-bond acceptors (Lipinski definition) is 4. The van der Waals surface area contributed by atoms with Crippen molar-refractivity contribution in [2.45, 2.75) is 32.2 Å². The number of nitrogens with one attached hydrogen (secondary N) is 1. The lowest BCUT2D eigenvalue weighted by atomic mass is 10.1. The van der Waals surface area contributed by atoms with Crippen molar-refractivity contribution >= 4 is 23.4 Å². The van der Waals surface area contributed by atoms with Crippen molar-refractivity contribution in [3.05, 3.63) is 41.9 Å². The number of hydrogen-bond donors (Lipinski definition) is 1. The van der Waals surface area contributed by atoms with Gasteiger partial charge in [-0.1, -0.05) is 12.1 Å². The van der Waals surface area contributed by atoms with E-state index in [9.17, 15) is 0 Å². The number of aliphatic imine (C=N–C) groups is 2. The number of nitrogens with zero attached hydrogens (tertiary/aromatic N) is 4. The summed E-state index contributed by atoms with van der Waals surface area (Å²) in [4.78, 5) is 18.8. The third kappa shape index (κ3) is 3.18. The highest BCUT2D eigenvalue weighted by Crippen LogP contribution is 2.22. The maximum Gasteiger partial charge on any atom is 0.173 e. The highest BCUT2D eigenvalue weighted by atomic mass is 15.1. The van der Waals surface area contributed by atoms with Gasteiger partial charge < -0.3 is 9.88 Å². The zero-order valence-electron chi connectivity index (χ0n) is 13.2. The molecular weight excluding hydrogens is 286 g/mol. The molecule has 0 radical (unpaired) electrons. The molecule has 0 spiro atoms. The minimum absolute atomic E-state index is 0.701. The van der Waals surface area contributed by atoms with Gasteiger partial charge in [0, 0.05) is 25.2 Å². The summed E-state index contributed by atoms with van der Waals surface area (Å²) in [6.45, 7) is 3.05. The molecule has 4 rings (SSSR count). The third-order valence-corrected chi connectivity index (χ3v) is 4.49. The van der Waals surface area contributed by atoms with Gasteiger partial charge in [-0.2, -0.15) is 0 Å². The van der Waals surface area contributed by atoms with Crippen LogP contribution in [0.4, 0.5) is 11.5 Å². The Balaban J connectivity index is 1.46. The molecule has 2 aliphatic rings. The molecule has 0 amide bonds. The van der Waals surface area contributed by atoms with E-state index in [-0.39, 0.29) is 0 Å². The summed E-state index contributed by atoms with van der Waals surface area (Å²) in [5.74, 6) is 0.788. The van der Waals surface area contributed by atoms with Gasteiger partial charge in [0.2, 0.25) is 0 Å². The van der Waals surface area contributed by atoms with Gasteiger partial charge in [0.25, 0.3) is 0 Å². The molecule has 0 unspecified atom stereocenters. The minimum Gasteiger partial charge on any atom is -0.372 e. The lowest BCUT2D eigenvalue weighted by molar-refractivity contribution is 0.577. The first-order valence-corrected chi connectivity index (χ1v) is 8.32. The van der Waals surface area contributed by atoms with Crippen molar-refractivity contribution in [2.24, 2.45) is 9.98 Å². The molecule has 3 heterocycles. The summed E-state index contributed by atoms with van der Waals surface area (Å²) in [6.07, 6.45) is 8.26. The molecule has 2 aliphatic heterocycles. The minimum atomic E-state index is 0.701. The van der Waals surface area contributed by atoms with Crippen LogP contribution in [0, 0.1) is 0 Å². The summed E-state index contributed by atoms with van der Waals surface area (Å²) < 4.78 is 0. The van der Waals surface area contributed by atoms with Crippen LogP contribution in [0.2, 0.25) is 0 Å². The van der Waals surface area contributed by atoms with Crippen molar-refractivity contribution in [2.75, 3.05) is 18.0 Å². The Kier molecular flexibility index (Phi) is 3.92. The molecule has 1 N–H and O–H groups in total. The van der Waals surface area contributed by atoms with Gasteiger partial charge in [-0.15, -0.1) is 0 Å². The van der Waals surface area contributed by atoms with E-state index in [0.717, 1.165) is 23.6 Å². The summed E-state index contributed by atoms with van der Waals surface area (Å²) in [5, 5.41) is 0. The monoisotopic (exact) mass is 307 g/mol. The number of aromatic amines is 1. The maximum absolute atomic E-state index is 4.72. The number of rotatable bonds is 3. The van der Waals surface area contributed by atoms with E-state index in [1.807, 2.05) is 6.21 Å². The van der Waals surface area contributed by atoms with E-state index in [4.69, 9.17) is 4.99 Å². The summed E-state index contributed by atoms with van der Waals surface area (Å²) in [5.41, 5.74) is 4.64. The molecule has 0 saturated carbocycles. The van der Waals surface area contributed by atoms with Crippen LogP contribution in [0.3, 0.4) is 0 Å². The fourth-order valence-electron chi connectivity index (χ4n) is 3.21. The Morgan fingerprint density at radius 2 is 2.09 bits per heavy atom. The SMILES string of the molecule is C1=Nc2nc[nH]c2CC1=NCc1cccc(N2CCCCC2)c1. The highest BCUT2D eigenvalue weighted by Gasteiger charge is 2.13. The van der Waals surface area contributed by atoms with E-state index in [0.29, 0.717) is 6.54 Å².